The van der Waals surface area contributed by atoms with Crippen LogP contribution in [0.3, 0.4) is 0 Å². The Hall–Kier alpha value is -3.43. The molecule has 0 radical (unpaired) electrons. The second-order valence-electron chi connectivity index (χ2n) is 7.08. The smallest absolute Gasteiger partial charge is 0.294 e. The van der Waals surface area contributed by atoms with Crippen LogP contribution in [0.1, 0.15) is 32.4 Å². The van der Waals surface area contributed by atoms with Gasteiger partial charge in [0, 0.05) is 49.6 Å². The van der Waals surface area contributed by atoms with Gasteiger partial charge >= 0.3 is 0 Å². The van der Waals surface area contributed by atoms with E-state index >= 15 is 0 Å². The lowest BCUT2D eigenvalue weighted by atomic mass is 10.2. The van der Waals surface area contributed by atoms with Gasteiger partial charge in [0.15, 0.2) is 0 Å². The topological polar surface area (TPSA) is 139 Å². The molecule has 29 heavy (non-hydrogen) atoms. The molecule has 1 amide bonds. The number of nitrogens with two attached hydrogens (primary N) is 1. The lowest BCUT2D eigenvalue weighted by Crippen LogP contribution is -2.35. The summed E-state index contributed by atoms with van der Waals surface area (Å²) in [5, 5.41) is 17.1. The molecule has 1 fully saturated rings. The summed E-state index contributed by atoms with van der Waals surface area (Å²) in [4.78, 5) is 33.2. The Morgan fingerprint density at radius 2 is 2.17 bits per heavy atom. The molecule has 154 valence electrons. The largest absolute Gasteiger partial charge is 0.393 e. The highest BCUT2D eigenvalue weighted by molar-refractivity contribution is 5.73. The fraction of sp³-hybridized carbons (Fsp3) is 0.421. The summed E-state index contributed by atoms with van der Waals surface area (Å²) in [6, 6.07) is 6.55. The van der Waals surface area contributed by atoms with Crippen LogP contribution in [0, 0.1) is 10.1 Å². The first-order chi connectivity index (χ1) is 13.9. The molecular weight excluding hydrogens is 374 g/mol. The Balaban J connectivity index is 1.85. The number of carbonyl (C=O) groups is 1. The number of nitrogens with zero attached hydrogens (tertiary/aromatic N) is 4. The van der Waals surface area contributed by atoms with Crippen molar-refractivity contribution in [3.05, 3.63) is 40.1 Å². The summed E-state index contributed by atoms with van der Waals surface area (Å²) in [5.41, 5.74) is 6.97. The van der Waals surface area contributed by atoms with Crippen molar-refractivity contribution in [3.8, 4) is 0 Å². The number of anilines is 4. The van der Waals surface area contributed by atoms with Gasteiger partial charge in [-0.05, 0) is 25.0 Å². The minimum Gasteiger partial charge on any atom is -0.393 e. The van der Waals surface area contributed by atoms with Crippen molar-refractivity contribution in [3.63, 3.8) is 0 Å². The minimum absolute atomic E-state index is 0.0430. The molecule has 0 saturated carbocycles. The van der Waals surface area contributed by atoms with Gasteiger partial charge in [-0.2, -0.15) is 4.98 Å². The summed E-state index contributed by atoms with van der Waals surface area (Å²) in [5.74, 6) is 1.09. The van der Waals surface area contributed by atoms with Crippen molar-refractivity contribution in [2.24, 2.45) is 0 Å². The lowest BCUT2D eigenvalue weighted by molar-refractivity contribution is -0.383. The molecule has 0 spiro atoms. The first-order valence-electron chi connectivity index (χ1n) is 9.56. The summed E-state index contributed by atoms with van der Waals surface area (Å²) >= 11 is 0. The van der Waals surface area contributed by atoms with E-state index in [-0.39, 0.29) is 23.3 Å². The number of nitrogen functional groups attached to an aromatic ring is 1. The van der Waals surface area contributed by atoms with Crippen LogP contribution in [0.25, 0.3) is 0 Å². The molecule has 0 aliphatic carbocycles. The van der Waals surface area contributed by atoms with Gasteiger partial charge in [-0.25, -0.2) is 4.98 Å². The Bertz CT molecular complexity index is 919. The SMILES string of the molecule is CCCc1cc(N2CC[C@H](NC(C)=O)C2)nc(Nc2ccc(N)c([N+](=O)[O-])c2)n1. The zero-order valence-corrected chi connectivity index (χ0v) is 16.5. The van der Waals surface area contributed by atoms with E-state index in [1.54, 1.807) is 6.07 Å². The van der Waals surface area contributed by atoms with Crippen LogP contribution in [0.5, 0.6) is 0 Å². The standard InChI is InChI=1S/C19H25N7O3/c1-3-4-13-10-18(25-8-7-15(11-25)21-12(2)27)24-19(22-13)23-14-5-6-16(20)17(9-14)26(28)29/h5-6,9-10,15H,3-4,7-8,11,20H2,1-2H3,(H,21,27)(H,22,23,24)/t15-/m0/s1. The number of nitro benzene ring substituents is 1. The second-order valence-corrected chi connectivity index (χ2v) is 7.08. The molecule has 2 heterocycles. The fourth-order valence-corrected chi connectivity index (χ4v) is 3.37. The van der Waals surface area contributed by atoms with Crippen LogP contribution < -0.4 is 21.3 Å². The minimum atomic E-state index is -0.521. The molecule has 2 aromatic rings. The highest BCUT2D eigenvalue weighted by atomic mass is 16.6. The van der Waals surface area contributed by atoms with E-state index in [1.807, 2.05) is 6.07 Å². The quantitative estimate of drug-likeness (QED) is 0.366. The number of nitrogens with one attached hydrogen (secondary N) is 2. The van der Waals surface area contributed by atoms with E-state index in [0.717, 1.165) is 37.3 Å². The van der Waals surface area contributed by atoms with Crippen LogP contribution in [0.15, 0.2) is 24.3 Å². The Labute approximate surface area is 168 Å². The number of aryl methyl sites for hydroxylation is 1. The Kier molecular flexibility index (Phi) is 6.10. The van der Waals surface area contributed by atoms with Crippen molar-refractivity contribution < 1.29 is 9.72 Å². The van der Waals surface area contributed by atoms with Gasteiger partial charge in [0.05, 0.1) is 4.92 Å². The molecule has 0 unspecified atom stereocenters. The Morgan fingerprint density at radius 3 is 2.86 bits per heavy atom. The number of carbonyl (C=O) groups excluding carboxylic acids is 1. The Morgan fingerprint density at radius 1 is 1.38 bits per heavy atom. The van der Waals surface area contributed by atoms with Crippen molar-refractivity contribution in [2.75, 3.05) is 29.0 Å². The van der Waals surface area contributed by atoms with E-state index in [4.69, 9.17) is 5.73 Å². The molecule has 10 nitrogen and oxygen atoms in total. The molecule has 1 aromatic heterocycles. The predicted molar refractivity (Wildman–Crippen MR) is 111 cm³/mol. The molecule has 1 atom stereocenters. The van der Waals surface area contributed by atoms with E-state index < -0.39 is 4.92 Å². The first kappa shape index (κ1) is 20.3. The zero-order valence-electron chi connectivity index (χ0n) is 16.5. The second kappa shape index (κ2) is 8.72. The zero-order chi connectivity index (χ0) is 21.0. The molecular formula is C19H25N7O3. The highest BCUT2D eigenvalue weighted by Gasteiger charge is 2.25. The molecule has 3 rings (SSSR count). The van der Waals surface area contributed by atoms with E-state index in [9.17, 15) is 14.9 Å². The molecule has 10 heteroatoms. The molecule has 1 saturated heterocycles. The fourth-order valence-electron chi connectivity index (χ4n) is 3.37. The number of aromatic nitrogens is 2. The van der Waals surface area contributed by atoms with Crippen molar-refractivity contribution in [2.45, 2.75) is 39.2 Å². The number of hydrogen-bond acceptors (Lipinski definition) is 8. The van der Waals surface area contributed by atoms with Gasteiger partial charge in [0.1, 0.15) is 11.5 Å². The molecule has 1 aliphatic rings. The van der Waals surface area contributed by atoms with Gasteiger partial charge in [-0.3, -0.25) is 14.9 Å². The third kappa shape index (κ3) is 5.09. The molecule has 1 aliphatic heterocycles. The van der Waals surface area contributed by atoms with Crippen molar-refractivity contribution in [1.82, 2.24) is 15.3 Å². The maximum atomic E-state index is 11.3. The van der Waals surface area contributed by atoms with E-state index in [1.165, 1.54) is 19.1 Å². The van der Waals surface area contributed by atoms with Crippen molar-refractivity contribution >= 4 is 34.7 Å². The van der Waals surface area contributed by atoms with E-state index in [2.05, 4.69) is 32.4 Å². The number of benzene rings is 1. The maximum absolute atomic E-state index is 11.3. The number of nitro groups is 1. The van der Waals surface area contributed by atoms with Gasteiger partial charge in [0.25, 0.3) is 5.69 Å². The monoisotopic (exact) mass is 399 g/mol. The predicted octanol–water partition coefficient (Wildman–Crippen LogP) is 2.38. The number of hydrogen-bond donors (Lipinski definition) is 3. The van der Waals surface area contributed by atoms with Crippen LogP contribution in [0.4, 0.5) is 28.8 Å². The van der Waals surface area contributed by atoms with Crippen LogP contribution in [-0.2, 0) is 11.2 Å². The molecule has 1 aromatic carbocycles. The number of amides is 1. The average Bonchev–Trinajstić information content (AvgIpc) is 3.11. The first-order valence-corrected chi connectivity index (χ1v) is 9.56. The summed E-state index contributed by atoms with van der Waals surface area (Å²) in [6.45, 7) is 5.04. The summed E-state index contributed by atoms with van der Waals surface area (Å²) in [6.07, 6.45) is 2.56. The van der Waals surface area contributed by atoms with Gasteiger partial charge in [-0.1, -0.05) is 13.3 Å². The van der Waals surface area contributed by atoms with Crippen LogP contribution in [0.2, 0.25) is 0 Å². The normalized spacial score (nSPS) is 15.9. The average molecular weight is 399 g/mol. The lowest BCUT2D eigenvalue weighted by Gasteiger charge is -2.19. The summed E-state index contributed by atoms with van der Waals surface area (Å²) in [7, 11) is 0. The van der Waals surface area contributed by atoms with Gasteiger partial charge < -0.3 is 21.3 Å². The van der Waals surface area contributed by atoms with Crippen molar-refractivity contribution in [1.29, 1.82) is 0 Å². The van der Waals surface area contributed by atoms with Crippen LogP contribution in [-0.4, -0.2) is 39.9 Å². The maximum Gasteiger partial charge on any atom is 0.294 e. The van der Waals surface area contributed by atoms with Gasteiger partial charge in [-0.15, -0.1) is 0 Å². The van der Waals surface area contributed by atoms with E-state index in [0.29, 0.717) is 18.2 Å². The third-order valence-electron chi connectivity index (χ3n) is 4.67. The highest BCUT2D eigenvalue weighted by Crippen LogP contribution is 2.27. The van der Waals surface area contributed by atoms with Crippen LogP contribution >= 0.6 is 0 Å². The summed E-state index contributed by atoms with van der Waals surface area (Å²) < 4.78 is 0. The number of rotatable bonds is 7. The van der Waals surface area contributed by atoms with Gasteiger partial charge in [0.2, 0.25) is 11.9 Å². The third-order valence-corrected chi connectivity index (χ3v) is 4.67. The molecule has 0 bridgehead atoms. The molecule has 4 N–H and O–H groups in total.